The van der Waals surface area contributed by atoms with Gasteiger partial charge >= 0.3 is 0 Å². The van der Waals surface area contributed by atoms with E-state index in [0.29, 0.717) is 23.4 Å². The van der Waals surface area contributed by atoms with Crippen LogP contribution in [0.25, 0.3) is 0 Å². The molecule has 3 nitrogen and oxygen atoms in total. The molecular weight excluding hydrogens is 246 g/mol. The molecule has 0 aliphatic rings. The van der Waals surface area contributed by atoms with Gasteiger partial charge in [-0.2, -0.15) is 0 Å². The van der Waals surface area contributed by atoms with Crippen LogP contribution in [0, 0.1) is 0 Å². The Kier molecular flexibility index (Phi) is 3.52. The van der Waals surface area contributed by atoms with Crippen LogP contribution in [0.2, 0.25) is 0 Å². The van der Waals surface area contributed by atoms with Crippen LogP contribution in [0.3, 0.4) is 0 Å². The van der Waals surface area contributed by atoms with Crippen LogP contribution in [0.4, 0.5) is 5.69 Å². The molecule has 0 aliphatic heterocycles. The summed E-state index contributed by atoms with van der Waals surface area (Å²) in [7, 11) is 1.55. The highest BCUT2D eigenvalue weighted by atomic mass is 79.9. The van der Waals surface area contributed by atoms with E-state index in [1.165, 1.54) is 0 Å². The molecule has 0 saturated heterocycles. The van der Waals surface area contributed by atoms with Gasteiger partial charge < -0.3 is 10.5 Å². The molecule has 0 unspecified atom stereocenters. The Morgan fingerprint density at radius 1 is 1.57 bits per heavy atom. The molecule has 0 saturated carbocycles. The molecule has 0 aliphatic carbocycles. The summed E-state index contributed by atoms with van der Waals surface area (Å²) >= 11 is 3.30. The highest BCUT2D eigenvalue weighted by Crippen LogP contribution is 2.30. The van der Waals surface area contributed by atoms with Gasteiger partial charge in [0.05, 0.1) is 11.6 Å². The fourth-order valence-corrected chi connectivity index (χ4v) is 1.68. The predicted molar refractivity (Wildman–Crippen MR) is 59.7 cm³/mol. The van der Waals surface area contributed by atoms with E-state index in [9.17, 15) is 4.79 Å². The fraction of sp³-hybridized carbons (Fsp3) is 0.300. The van der Waals surface area contributed by atoms with Crippen molar-refractivity contribution in [2.45, 2.75) is 13.3 Å². The molecule has 0 atom stereocenters. The van der Waals surface area contributed by atoms with Crippen molar-refractivity contribution in [2.75, 3.05) is 12.8 Å². The number of carbonyl (C=O) groups is 1. The van der Waals surface area contributed by atoms with Gasteiger partial charge in [-0.3, -0.25) is 4.79 Å². The Bertz CT molecular complexity index is 363. The zero-order valence-electron chi connectivity index (χ0n) is 8.13. The number of hydrogen-bond acceptors (Lipinski definition) is 3. The lowest BCUT2D eigenvalue weighted by molar-refractivity contribution is 0.0988. The van der Waals surface area contributed by atoms with E-state index >= 15 is 0 Å². The number of methoxy groups -OCH3 is 1. The van der Waals surface area contributed by atoms with Crippen molar-refractivity contribution in [3.8, 4) is 5.75 Å². The second-order valence-corrected chi connectivity index (χ2v) is 3.71. The van der Waals surface area contributed by atoms with Crippen molar-refractivity contribution in [1.82, 2.24) is 0 Å². The minimum atomic E-state index is 0.0216. The predicted octanol–water partition coefficient (Wildman–Crippen LogP) is 2.63. The summed E-state index contributed by atoms with van der Waals surface area (Å²) < 4.78 is 5.84. The highest BCUT2D eigenvalue weighted by molar-refractivity contribution is 9.10. The van der Waals surface area contributed by atoms with Crippen molar-refractivity contribution >= 4 is 27.4 Å². The van der Waals surface area contributed by atoms with E-state index in [2.05, 4.69) is 15.9 Å². The number of carbonyl (C=O) groups excluding carboxylic acids is 1. The second-order valence-electron chi connectivity index (χ2n) is 2.85. The van der Waals surface area contributed by atoms with Crippen molar-refractivity contribution in [3.63, 3.8) is 0 Å². The number of ketones is 1. The van der Waals surface area contributed by atoms with Crippen LogP contribution in [-0.4, -0.2) is 12.9 Å². The molecule has 0 radical (unpaired) electrons. The highest BCUT2D eigenvalue weighted by Gasteiger charge is 2.11. The smallest absolute Gasteiger partial charge is 0.164 e. The average molecular weight is 258 g/mol. The number of nitrogen functional groups attached to an aromatic ring is 1. The maximum Gasteiger partial charge on any atom is 0.164 e. The Hall–Kier alpha value is -1.03. The summed E-state index contributed by atoms with van der Waals surface area (Å²) in [6.07, 6.45) is 0.439. The molecule has 0 heterocycles. The van der Waals surface area contributed by atoms with E-state index < -0.39 is 0 Å². The van der Waals surface area contributed by atoms with Gasteiger partial charge in [0, 0.05) is 17.7 Å². The molecule has 0 fully saturated rings. The van der Waals surface area contributed by atoms with Crippen molar-refractivity contribution in [3.05, 3.63) is 22.2 Å². The largest absolute Gasteiger partial charge is 0.496 e. The van der Waals surface area contributed by atoms with E-state index in [1.54, 1.807) is 26.2 Å². The summed E-state index contributed by atoms with van der Waals surface area (Å²) in [5.74, 6) is 0.643. The number of nitrogens with two attached hydrogens (primary N) is 1. The Morgan fingerprint density at radius 2 is 2.21 bits per heavy atom. The SMILES string of the molecule is CCC(=O)c1cc(OC)c(Br)cc1N. The minimum absolute atomic E-state index is 0.0216. The van der Waals surface area contributed by atoms with E-state index in [4.69, 9.17) is 10.5 Å². The van der Waals surface area contributed by atoms with Gasteiger partial charge in [-0.15, -0.1) is 0 Å². The first kappa shape index (κ1) is 11.0. The summed E-state index contributed by atoms with van der Waals surface area (Å²) in [5.41, 5.74) is 6.71. The quantitative estimate of drug-likeness (QED) is 0.669. The molecule has 2 N–H and O–H groups in total. The zero-order chi connectivity index (χ0) is 10.7. The Morgan fingerprint density at radius 3 is 2.71 bits per heavy atom. The van der Waals surface area contributed by atoms with Crippen molar-refractivity contribution in [2.24, 2.45) is 0 Å². The van der Waals surface area contributed by atoms with E-state index in [1.807, 2.05) is 0 Å². The molecule has 14 heavy (non-hydrogen) atoms. The lowest BCUT2D eigenvalue weighted by atomic mass is 10.1. The van der Waals surface area contributed by atoms with Gasteiger partial charge in [0.2, 0.25) is 0 Å². The van der Waals surface area contributed by atoms with Crippen LogP contribution < -0.4 is 10.5 Å². The molecule has 0 amide bonds. The summed E-state index contributed by atoms with van der Waals surface area (Å²) in [6.45, 7) is 1.80. The molecule has 0 bridgehead atoms. The Labute approximate surface area is 91.4 Å². The van der Waals surface area contributed by atoms with Gasteiger partial charge in [0.15, 0.2) is 5.78 Å². The molecule has 4 heteroatoms. The van der Waals surface area contributed by atoms with Crippen LogP contribution >= 0.6 is 15.9 Å². The molecule has 1 rings (SSSR count). The van der Waals surface area contributed by atoms with Gasteiger partial charge in [-0.05, 0) is 28.1 Å². The molecule has 0 spiro atoms. The molecular formula is C10H12BrNO2. The van der Waals surface area contributed by atoms with Crippen LogP contribution in [0.1, 0.15) is 23.7 Å². The average Bonchev–Trinajstić information content (AvgIpc) is 2.17. The number of ether oxygens (including phenoxy) is 1. The Balaban J connectivity index is 3.24. The van der Waals surface area contributed by atoms with Crippen molar-refractivity contribution < 1.29 is 9.53 Å². The first-order valence-electron chi connectivity index (χ1n) is 4.26. The minimum Gasteiger partial charge on any atom is -0.496 e. The lowest BCUT2D eigenvalue weighted by Gasteiger charge is -2.08. The van der Waals surface area contributed by atoms with Crippen molar-refractivity contribution in [1.29, 1.82) is 0 Å². The maximum absolute atomic E-state index is 11.5. The number of benzene rings is 1. The first-order valence-corrected chi connectivity index (χ1v) is 5.05. The summed E-state index contributed by atoms with van der Waals surface area (Å²) in [6, 6.07) is 3.34. The molecule has 0 aromatic heterocycles. The number of Topliss-reactive ketones (excluding diaryl/α,β-unsaturated/α-hetero) is 1. The first-order chi connectivity index (χ1) is 6.60. The molecule has 1 aromatic rings. The summed E-state index contributed by atoms with van der Waals surface area (Å²) in [5, 5.41) is 0. The van der Waals surface area contributed by atoms with E-state index in [-0.39, 0.29) is 5.78 Å². The standard InChI is InChI=1S/C10H12BrNO2/c1-3-9(13)6-4-10(14-2)7(11)5-8(6)12/h4-5H,3,12H2,1-2H3. The van der Waals surface area contributed by atoms with Gasteiger partial charge in [0.1, 0.15) is 5.75 Å². The third kappa shape index (κ3) is 2.07. The maximum atomic E-state index is 11.5. The summed E-state index contributed by atoms with van der Waals surface area (Å²) in [4.78, 5) is 11.5. The van der Waals surface area contributed by atoms with Gasteiger partial charge in [-0.25, -0.2) is 0 Å². The number of halogens is 1. The third-order valence-corrected chi connectivity index (χ3v) is 2.57. The van der Waals surface area contributed by atoms with E-state index in [0.717, 1.165) is 4.47 Å². The van der Waals surface area contributed by atoms with Crippen LogP contribution in [0.15, 0.2) is 16.6 Å². The fourth-order valence-electron chi connectivity index (χ4n) is 1.16. The number of rotatable bonds is 3. The number of hydrogen-bond donors (Lipinski definition) is 1. The van der Waals surface area contributed by atoms with Gasteiger partial charge in [-0.1, -0.05) is 6.92 Å². The molecule has 1 aromatic carbocycles. The lowest BCUT2D eigenvalue weighted by Crippen LogP contribution is -2.03. The topological polar surface area (TPSA) is 52.3 Å². The third-order valence-electron chi connectivity index (χ3n) is 1.95. The monoisotopic (exact) mass is 257 g/mol. The van der Waals surface area contributed by atoms with Crippen LogP contribution in [-0.2, 0) is 0 Å². The normalized spacial score (nSPS) is 9.93. The second kappa shape index (κ2) is 4.46. The molecule has 76 valence electrons. The van der Waals surface area contributed by atoms with Gasteiger partial charge in [0.25, 0.3) is 0 Å². The number of anilines is 1. The van der Waals surface area contributed by atoms with Crippen LogP contribution in [0.5, 0.6) is 5.75 Å². The zero-order valence-corrected chi connectivity index (χ0v) is 9.72.